The van der Waals surface area contributed by atoms with Crippen LogP contribution in [-0.4, -0.2) is 43.1 Å². The van der Waals surface area contributed by atoms with Gasteiger partial charge in [-0.1, -0.05) is 18.2 Å². The Morgan fingerprint density at radius 3 is 2.68 bits per heavy atom. The minimum Gasteiger partial charge on any atom is -0.453 e. The molecule has 5 rings (SSSR count). The normalized spacial score (nSPS) is 33.5. The first kappa shape index (κ1) is 18.0. The predicted octanol–water partition coefficient (Wildman–Crippen LogP) is 3.50. The molecule has 4 fully saturated rings. The number of piperidine rings is 1. The largest absolute Gasteiger partial charge is 0.453 e. The number of fused-ring (bicyclic) bond motifs is 1. The fourth-order valence-electron chi connectivity index (χ4n) is 5.62. The first-order valence-corrected chi connectivity index (χ1v) is 10.7. The lowest BCUT2D eigenvalue weighted by atomic mass is 9.78. The lowest BCUT2D eigenvalue weighted by Gasteiger charge is -2.40. The number of hydrogen-bond acceptors (Lipinski definition) is 3. The third-order valence-corrected chi connectivity index (χ3v) is 7.64. The number of rotatable bonds is 4. The molecule has 2 unspecified atom stereocenters. The third kappa shape index (κ3) is 2.99. The van der Waals surface area contributed by atoms with E-state index in [1.807, 2.05) is 0 Å². The molecule has 0 spiro atoms. The summed E-state index contributed by atoms with van der Waals surface area (Å²) in [5.74, 6) is 1.76. The molecule has 1 N–H and O–H groups in total. The molecule has 1 aromatic carbocycles. The summed E-state index contributed by atoms with van der Waals surface area (Å²) in [5.41, 5.74) is 4.81. The van der Waals surface area contributed by atoms with Gasteiger partial charge in [0.15, 0.2) is 0 Å². The molecule has 1 heterocycles. The Morgan fingerprint density at radius 1 is 1.25 bits per heavy atom. The van der Waals surface area contributed by atoms with E-state index in [4.69, 9.17) is 0 Å². The van der Waals surface area contributed by atoms with Gasteiger partial charge in [0.2, 0.25) is 5.91 Å². The number of ether oxygens (including phenoxy) is 1. The molecule has 150 valence electrons. The molecule has 1 saturated heterocycles. The lowest BCUT2D eigenvalue weighted by molar-refractivity contribution is -0.140. The summed E-state index contributed by atoms with van der Waals surface area (Å²) in [6, 6.07) is 7.23. The van der Waals surface area contributed by atoms with Crippen LogP contribution < -0.4 is 5.32 Å². The number of carbonyl (C=O) groups excluding carboxylic acids is 2. The maximum absolute atomic E-state index is 12.9. The van der Waals surface area contributed by atoms with Crippen LogP contribution in [0.4, 0.5) is 4.79 Å². The molecule has 3 saturated carbocycles. The maximum Gasteiger partial charge on any atom is 0.407 e. The van der Waals surface area contributed by atoms with Crippen LogP contribution in [0.1, 0.15) is 61.1 Å². The van der Waals surface area contributed by atoms with Gasteiger partial charge >= 0.3 is 6.09 Å². The Labute approximate surface area is 166 Å². The number of aryl methyl sites for hydroxylation is 1. The number of amides is 2. The first-order chi connectivity index (χ1) is 13.5. The summed E-state index contributed by atoms with van der Waals surface area (Å²) >= 11 is 0. The SMILES string of the molecule is COC(=O)NC1CC(C(=O)N2CCC3(c4ccc(C5CC5)cc4C)CC3C2)C1. The molecule has 5 nitrogen and oxygen atoms in total. The second-order valence-electron chi connectivity index (χ2n) is 9.44. The van der Waals surface area contributed by atoms with Crippen LogP contribution in [0.15, 0.2) is 18.2 Å². The van der Waals surface area contributed by atoms with Crippen LogP contribution in [0.5, 0.6) is 0 Å². The predicted molar refractivity (Wildman–Crippen MR) is 106 cm³/mol. The van der Waals surface area contributed by atoms with Gasteiger partial charge in [0.25, 0.3) is 0 Å². The van der Waals surface area contributed by atoms with Crippen molar-refractivity contribution >= 4 is 12.0 Å². The van der Waals surface area contributed by atoms with Gasteiger partial charge in [0.05, 0.1) is 7.11 Å². The van der Waals surface area contributed by atoms with Crippen molar-refractivity contribution in [3.05, 3.63) is 34.9 Å². The number of methoxy groups -OCH3 is 1. The van der Waals surface area contributed by atoms with E-state index in [1.165, 1.54) is 43.1 Å². The molecule has 0 bridgehead atoms. The Morgan fingerprint density at radius 2 is 2.04 bits per heavy atom. The van der Waals surface area contributed by atoms with Gasteiger partial charge in [-0.05, 0) is 74.0 Å². The van der Waals surface area contributed by atoms with Gasteiger partial charge < -0.3 is 15.0 Å². The zero-order valence-electron chi connectivity index (χ0n) is 16.9. The van der Waals surface area contributed by atoms with Crippen molar-refractivity contribution in [3.8, 4) is 0 Å². The van der Waals surface area contributed by atoms with Crippen LogP contribution in [-0.2, 0) is 14.9 Å². The van der Waals surface area contributed by atoms with Gasteiger partial charge in [0, 0.05) is 30.5 Å². The molecule has 0 radical (unpaired) electrons. The van der Waals surface area contributed by atoms with Gasteiger partial charge in [0.1, 0.15) is 0 Å². The third-order valence-electron chi connectivity index (χ3n) is 7.64. The molecule has 0 aromatic heterocycles. The van der Waals surface area contributed by atoms with Crippen molar-refractivity contribution in [2.45, 2.75) is 62.8 Å². The van der Waals surface area contributed by atoms with E-state index in [9.17, 15) is 9.59 Å². The maximum atomic E-state index is 12.9. The molecule has 3 aliphatic carbocycles. The second kappa shape index (κ2) is 6.50. The lowest BCUT2D eigenvalue weighted by Crippen LogP contribution is -2.52. The van der Waals surface area contributed by atoms with Crippen molar-refractivity contribution in [1.29, 1.82) is 0 Å². The molecular weight excluding hydrogens is 352 g/mol. The Hall–Kier alpha value is -2.04. The van der Waals surface area contributed by atoms with E-state index in [-0.39, 0.29) is 17.9 Å². The molecule has 28 heavy (non-hydrogen) atoms. The molecule has 1 aliphatic heterocycles. The number of nitrogens with zero attached hydrogens (tertiary/aromatic N) is 1. The quantitative estimate of drug-likeness (QED) is 0.867. The highest BCUT2D eigenvalue weighted by molar-refractivity contribution is 5.80. The summed E-state index contributed by atoms with van der Waals surface area (Å²) < 4.78 is 4.63. The van der Waals surface area contributed by atoms with E-state index in [0.717, 1.165) is 38.3 Å². The number of benzene rings is 1. The van der Waals surface area contributed by atoms with Crippen molar-refractivity contribution in [3.63, 3.8) is 0 Å². The van der Waals surface area contributed by atoms with E-state index in [1.54, 1.807) is 0 Å². The highest BCUT2D eigenvalue weighted by Crippen LogP contribution is 2.60. The monoisotopic (exact) mass is 382 g/mol. The number of likely N-dealkylation sites (tertiary alicyclic amines) is 1. The Kier molecular flexibility index (Phi) is 4.18. The summed E-state index contributed by atoms with van der Waals surface area (Å²) in [6.45, 7) is 4.03. The minimum atomic E-state index is -0.403. The number of alkyl carbamates (subject to hydrolysis) is 1. The molecule has 5 heteroatoms. The minimum absolute atomic E-state index is 0.0629. The zero-order chi connectivity index (χ0) is 19.5. The average Bonchev–Trinajstić information content (AvgIpc) is 3.56. The van der Waals surface area contributed by atoms with Crippen molar-refractivity contribution < 1.29 is 14.3 Å². The van der Waals surface area contributed by atoms with Crippen LogP contribution >= 0.6 is 0 Å². The van der Waals surface area contributed by atoms with Crippen LogP contribution in [0.3, 0.4) is 0 Å². The van der Waals surface area contributed by atoms with Gasteiger partial charge in [-0.3, -0.25) is 4.79 Å². The fourth-order valence-corrected chi connectivity index (χ4v) is 5.62. The van der Waals surface area contributed by atoms with Gasteiger partial charge in [-0.2, -0.15) is 0 Å². The number of nitrogens with one attached hydrogen (secondary N) is 1. The van der Waals surface area contributed by atoms with Crippen molar-refractivity contribution in [2.24, 2.45) is 11.8 Å². The highest BCUT2D eigenvalue weighted by Gasteiger charge is 2.59. The van der Waals surface area contributed by atoms with Gasteiger partial charge in [-0.15, -0.1) is 0 Å². The van der Waals surface area contributed by atoms with Crippen LogP contribution in [0.2, 0.25) is 0 Å². The Bertz CT molecular complexity index is 812. The van der Waals surface area contributed by atoms with E-state index in [0.29, 0.717) is 11.3 Å². The summed E-state index contributed by atoms with van der Waals surface area (Å²) in [6.07, 6.45) is 6.08. The smallest absolute Gasteiger partial charge is 0.407 e. The molecule has 2 amide bonds. The standard InChI is InChI=1S/C23H30N2O3/c1-14-9-16(15-3-4-15)5-6-20(14)23-7-8-25(13-18(23)12-23)21(26)17-10-19(11-17)24-22(27)28-2/h5-6,9,15,17-19H,3-4,7-8,10-13H2,1-2H3,(H,24,27). The summed E-state index contributed by atoms with van der Waals surface area (Å²) in [7, 11) is 1.37. The van der Waals surface area contributed by atoms with Crippen molar-refractivity contribution in [1.82, 2.24) is 10.2 Å². The highest BCUT2D eigenvalue weighted by atomic mass is 16.5. The second-order valence-corrected chi connectivity index (χ2v) is 9.44. The fraction of sp³-hybridized carbons (Fsp3) is 0.652. The van der Waals surface area contributed by atoms with Crippen LogP contribution in [0.25, 0.3) is 0 Å². The van der Waals surface area contributed by atoms with Crippen molar-refractivity contribution in [2.75, 3.05) is 20.2 Å². The van der Waals surface area contributed by atoms with Gasteiger partial charge in [-0.25, -0.2) is 4.79 Å². The number of carbonyl (C=O) groups is 2. The summed E-state index contributed by atoms with van der Waals surface area (Å²) in [4.78, 5) is 26.2. The summed E-state index contributed by atoms with van der Waals surface area (Å²) in [5, 5.41) is 2.79. The first-order valence-electron chi connectivity index (χ1n) is 10.7. The topological polar surface area (TPSA) is 58.6 Å². The van der Waals surface area contributed by atoms with E-state index in [2.05, 4.69) is 40.1 Å². The Balaban J connectivity index is 1.18. The molecular formula is C23H30N2O3. The molecule has 1 aromatic rings. The van der Waals surface area contributed by atoms with Crippen LogP contribution in [0, 0.1) is 18.8 Å². The zero-order valence-corrected chi connectivity index (χ0v) is 16.9. The van der Waals surface area contributed by atoms with E-state index < -0.39 is 6.09 Å². The molecule has 4 aliphatic rings. The molecule has 2 atom stereocenters. The van der Waals surface area contributed by atoms with E-state index >= 15 is 0 Å². The average molecular weight is 383 g/mol. The number of hydrogen-bond donors (Lipinski definition) is 1.